The number of rotatable bonds is 1. The minimum Gasteiger partial charge on any atom is -0.370 e. The zero-order valence-electron chi connectivity index (χ0n) is 18.4. The lowest BCUT2D eigenvalue weighted by atomic mass is 9.97. The fourth-order valence-corrected chi connectivity index (χ4v) is 5.16. The summed E-state index contributed by atoms with van der Waals surface area (Å²) in [6.45, 7) is 15.1. The molecule has 2 heterocycles. The van der Waals surface area contributed by atoms with Crippen LogP contribution in [0.25, 0.3) is 69.8 Å². The molecular formula is C30H15N5. The number of benzene rings is 5. The van der Waals surface area contributed by atoms with Gasteiger partial charge in [0.1, 0.15) is 0 Å². The largest absolute Gasteiger partial charge is 0.370 e. The Morgan fingerprint density at radius 3 is 1.83 bits per heavy atom. The van der Waals surface area contributed by atoms with Crippen LogP contribution in [-0.2, 0) is 0 Å². The molecule has 0 unspecified atom stereocenters. The predicted octanol–water partition coefficient (Wildman–Crippen LogP) is 8.13. The minimum absolute atomic E-state index is 0.0350. The molecule has 160 valence electrons. The van der Waals surface area contributed by atoms with E-state index in [1.807, 2.05) is 36.4 Å². The van der Waals surface area contributed by atoms with Crippen LogP contribution in [0.3, 0.4) is 0 Å². The van der Waals surface area contributed by atoms with Crippen LogP contribution in [0.4, 0.5) is 11.6 Å². The third kappa shape index (κ3) is 2.61. The SMILES string of the molecule is [C-]#[N+]c1nc2c3ccccc3c3cc4c5ccccc5n(-c5ccccc5)c4cc3c2nc1[N+]#[C-]. The van der Waals surface area contributed by atoms with Crippen molar-refractivity contribution in [3.63, 3.8) is 0 Å². The molecule has 0 fully saturated rings. The first-order chi connectivity index (χ1) is 17.3. The Bertz CT molecular complexity index is 2070. The first-order valence-electron chi connectivity index (χ1n) is 11.2. The lowest BCUT2D eigenvalue weighted by Gasteiger charge is -2.10. The Kier molecular flexibility index (Phi) is 3.91. The van der Waals surface area contributed by atoms with Gasteiger partial charge in [-0.05, 0) is 47.2 Å². The molecule has 7 rings (SSSR count). The Morgan fingerprint density at radius 1 is 0.514 bits per heavy atom. The second kappa shape index (κ2) is 7.12. The average molecular weight is 445 g/mol. The molecule has 0 atom stereocenters. The van der Waals surface area contributed by atoms with Crippen LogP contribution in [0.1, 0.15) is 0 Å². The van der Waals surface area contributed by atoms with E-state index in [-0.39, 0.29) is 11.6 Å². The Balaban J connectivity index is 1.77. The molecule has 5 aromatic carbocycles. The monoisotopic (exact) mass is 445 g/mol. The van der Waals surface area contributed by atoms with Crippen molar-refractivity contribution in [3.8, 4) is 5.69 Å². The summed E-state index contributed by atoms with van der Waals surface area (Å²) in [6.07, 6.45) is 0. The fourth-order valence-electron chi connectivity index (χ4n) is 5.16. The van der Waals surface area contributed by atoms with Crippen LogP contribution < -0.4 is 0 Å². The quantitative estimate of drug-likeness (QED) is 0.189. The summed E-state index contributed by atoms with van der Waals surface area (Å²) < 4.78 is 2.27. The maximum absolute atomic E-state index is 7.56. The zero-order chi connectivity index (χ0) is 23.5. The van der Waals surface area contributed by atoms with Gasteiger partial charge in [0.05, 0.1) is 11.0 Å². The number of hydrogen-bond donors (Lipinski definition) is 0. The molecule has 35 heavy (non-hydrogen) atoms. The van der Waals surface area contributed by atoms with Crippen LogP contribution in [0.2, 0.25) is 0 Å². The van der Waals surface area contributed by atoms with Crippen molar-refractivity contribution >= 4 is 66.0 Å². The Hall–Kier alpha value is -5.26. The Labute approximate surface area is 200 Å². The number of hydrogen-bond acceptors (Lipinski definition) is 2. The average Bonchev–Trinajstić information content (AvgIpc) is 3.25. The summed E-state index contributed by atoms with van der Waals surface area (Å²) >= 11 is 0. The summed E-state index contributed by atoms with van der Waals surface area (Å²) in [5, 5.41) is 6.27. The van der Waals surface area contributed by atoms with Gasteiger partial charge in [-0.15, -0.1) is 9.97 Å². The molecule has 0 N–H and O–H groups in total. The topological polar surface area (TPSA) is 39.4 Å². The highest BCUT2D eigenvalue weighted by molar-refractivity contribution is 6.27. The van der Waals surface area contributed by atoms with Crippen LogP contribution in [0, 0.1) is 13.1 Å². The lowest BCUT2D eigenvalue weighted by molar-refractivity contribution is 1.18. The molecule has 0 spiro atoms. The van der Waals surface area contributed by atoms with Gasteiger partial charge in [-0.1, -0.05) is 67.7 Å². The molecule has 0 radical (unpaired) electrons. The van der Waals surface area contributed by atoms with Gasteiger partial charge in [0.2, 0.25) is 11.0 Å². The minimum atomic E-state index is 0.0350. The number of para-hydroxylation sites is 2. The molecule has 0 aliphatic carbocycles. The van der Waals surface area contributed by atoms with Gasteiger partial charge in [-0.25, -0.2) is 0 Å². The van der Waals surface area contributed by atoms with Gasteiger partial charge in [0.25, 0.3) is 11.6 Å². The molecule has 7 aromatic rings. The molecule has 0 saturated carbocycles. The molecule has 0 bridgehead atoms. The van der Waals surface area contributed by atoms with E-state index in [1.54, 1.807) is 0 Å². The van der Waals surface area contributed by atoms with Crippen LogP contribution >= 0.6 is 0 Å². The maximum atomic E-state index is 7.56. The van der Waals surface area contributed by atoms with Crippen molar-refractivity contribution in [2.45, 2.75) is 0 Å². The highest BCUT2D eigenvalue weighted by Gasteiger charge is 2.22. The lowest BCUT2D eigenvalue weighted by Crippen LogP contribution is -1.94. The van der Waals surface area contributed by atoms with E-state index < -0.39 is 0 Å². The Morgan fingerprint density at radius 2 is 1.11 bits per heavy atom. The predicted molar refractivity (Wildman–Crippen MR) is 141 cm³/mol. The van der Waals surface area contributed by atoms with Gasteiger partial charge >= 0.3 is 0 Å². The summed E-state index contributed by atoms with van der Waals surface area (Å²) in [5.41, 5.74) is 4.55. The normalized spacial score (nSPS) is 11.4. The van der Waals surface area contributed by atoms with E-state index >= 15 is 0 Å². The summed E-state index contributed by atoms with van der Waals surface area (Å²) in [6, 6.07) is 31.2. The van der Waals surface area contributed by atoms with Gasteiger partial charge < -0.3 is 14.3 Å². The summed E-state index contributed by atoms with van der Waals surface area (Å²) in [5.74, 6) is 0.0734. The molecule has 0 saturated heterocycles. The van der Waals surface area contributed by atoms with Crippen LogP contribution in [0.5, 0.6) is 0 Å². The number of aromatic nitrogens is 3. The molecular weight excluding hydrogens is 430 g/mol. The van der Waals surface area contributed by atoms with E-state index in [1.165, 1.54) is 5.39 Å². The van der Waals surface area contributed by atoms with Crippen molar-refractivity contribution < 1.29 is 0 Å². The number of nitrogens with zero attached hydrogens (tertiary/aromatic N) is 5. The zero-order valence-corrected chi connectivity index (χ0v) is 18.4. The van der Waals surface area contributed by atoms with Gasteiger partial charge in [-0.2, -0.15) is 0 Å². The van der Waals surface area contributed by atoms with E-state index in [0.717, 1.165) is 43.7 Å². The van der Waals surface area contributed by atoms with Crippen LogP contribution in [-0.4, -0.2) is 14.5 Å². The summed E-state index contributed by atoms with van der Waals surface area (Å²) in [4.78, 5) is 16.2. The van der Waals surface area contributed by atoms with Crippen molar-refractivity contribution in [1.82, 2.24) is 14.5 Å². The highest BCUT2D eigenvalue weighted by atomic mass is 15.0. The van der Waals surface area contributed by atoms with Crippen molar-refractivity contribution in [1.29, 1.82) is 0 Å². The van der Waals surface area contributed by atoms with Crippen molar-refractivity contribution in [3.05, 3.63) is 114 Å². The van der Waals surface area contributed by atoms with Gasteiger partial charge in [-0.3, -0.25) is 0 Å². The molecule has 5 nitrogen and oxygen atoms in total. The molecule has 2 aromatic heterocycles. The van der Waals surface area contributed by atoms with Crippen molar-refractivity contribution in [2.75, 3.05) is 0 Å². The molecule has 0 aliphatic heterocycles. The van der Waals surface area contributed by atoms with Crippen molar-refractivity contribution in [2.24, 2.45) is 0 Å². The summed E-state index contributed by atoms with van der Waals surface area (Å²) in [7, 11) is 0. The standard InChI is InChI=1S/C30H15N5/c1-31-29-30(32-2)34-28-24-17-26-23(16-22(24)19-12-6-7-14-21(19)27(28)33-29)20-13-8-9-15-25(20)35(26)18-10-4-3-5-11-18/h3-17H. The third-order valence-corrected chi connectivity index (χ3v) is 6.63. The third-order valence-electron chi connectivity index (χ3n) is 6.63. The van der Waals surface area contributed by atoms with Gasteiger partial charge in [0, 0.05) is 27.2 Å². The molecule has 0 amide bonds. The second-order valence-corrected chi connectivity index (χ2v) is 8.44. The van der Waals surface area contributed by atoms with Gasteiger partial charge in [0.15, 0.2) is 0 Å². The van der Waals surface area contributed by atoms with E-state index in [2.05, 4.69) is 78.8 Å². The fraction of sp³-hybridized carbons (Fsp3) is 0. The van der Waals surface area contributed by atoms with E-state index in [9.17, 15) is 0 Å². The second-order valence-electron chi connectivity index (χ2n) is 8.44. The van der Waals surface area contributed by atoms with E-state index in [4.69, 9.17) is 13.1 Å². The van der Waals surface area contributed by atoms with Crippen LogP contribution in [0.15, 0.2) is 91.0 Å². The maximum Gasteiger partial charge on any atom is 0.294 e. The highest BCUT2D eigenvalue weighted by Crippen LogP contribution is 2.41. The molecule has 5 heteroatoms. The first-order valence-corrected chi connectivity index (χ1v) is 11.2. The number of fused-ring (bicyclic) bond motifs is 9. The smallest absolute Gasteiger partial charge is 0.294 e. The molecule has 0 aliphatic rings. The van der Waals surface area contributed by atoms with E-state index in [0.29, 0.717) is 11.0 Å². The first kappa shape index (κ1) is 19.2.